The van der Waals surface area contributed by atoms with Crippen LogP contribution in [0.15, 0.2) is 0 Å². The van der Waals surface area contributed by atoms with E-state index in [9.17, 15) is 14.4 Å². The third kappa shape index (κ3) is 7.81. The summed E-state index contributed by atoms with van der Waals surface area (Å²) in [5.41, 5.74) is 0. The summed E-state index contributed by atoms with van der Waals surface area (Å²) in [6.07, 6.45) is 1.03. The number of ether oxygens (including phenoxy) is 1. The summed E-state index contributed by atoms with van der Waals surface area (Å²) in [6, 6.07) is -0.757. The number of nitrogens with zero attached hydrogens (tertiary/aromatic N) is 1. The predicted molar refractivity (Wildman–Crippen MR) is 98.7 cm³/mol. The zero-order chi connectivity index (χ0) is 19.0. The molecule has 1 atom stereocenters. The van der Waals surface area contributed by atoms with Crippen LogP contribution in [0.2, 0.25) is 0 Å². The van der Waals surface area contributed by atoms with Crippen molar-refractivity contribution in [1.82, 2.24) is 15.5 Å². The summed E-state index contributed by atoms with van der Waals surface area (Å²) >= 11 is 5.27. The second-order valence-electron chi connectivity index (χ2n) is 7.06. The van der Waals surface area contributed by atoms with Gasteiger partial charge in [-0.3, -0.25) is 14.4 Å². The first kappa shape index (κ1) is 21.3. The smallest absolute Gasteiger partial charge is 0.308 e. The highest BCUT2D eigenvalue weighted by Crippen LogP contribution is 2.12. The molecule has 1 fully saturated rings. The topological polar surface area (TPSA) is 87.7 Å². The number of amides is 2. The molecule has 1 aliphatic rings. The van der Waals surface area contributed by atoms with E-state index in [0.29, 0.717) is 32.0 Å². The SMILES string of the molecule is CC(C)CCOC(=O)CC1C(=O)NCCN1C(=S)NC(=O)CC(C)C. The Kier molecular flexibility index (Phi) is 8.82. The number of rotatable bonds is 7. The molecule has 1 heterocycles. The Labute approximate surface area is 154 Å². The van der Waals surface area contributed by atoms with E-state index >= 15 is 0 Å². The van der Waals surface area contributed by atoms with Gasteiger partial charge in [-0.15, -0.1) is 0 Å². The fraction of sp³-hybridized carbons (Fsp3) is 0.765. The maximum absolute atomic E-state index is 12.2. The second-order valence-corrected chi connectivity index (χ2v) is 7.45. The molecule has 0 aromatic carbocycles. The normalized spacial score (nSPS) is 17.4. The van der Waals surface area contributed by atoms with Crippen LogP contribution in [0.5, 0.6) is 0 Å². The first-order valence-electron chi connectivity index (χ1n) is 8.74. The predicted octanol–water partition coefficient (Wildman–Crippen LogP) is 1.21. The van der Waals surface area contributed by atoms with E-state index in [1.165, 1.54) is 0 Å². The van der Waals surface area contributed by atoms with Crippen LogP contribution in [-0.4, -0.2) is 53.5 Å². The Morgan fingerprint density at radius 3 is 2.60 bits per heavy atom. The fourth-order valence-corrected chi connectivity index (χ4v) is 2.73. The number of carbonyl (C=O) groups excluding carboxylic acids is 3. The molecule has 1 aliphatic heterocycles. The number of esters is 1. The van der Waals surface area contributed by atoms with Gasteiger partial charge >= 0.3 is 5.97 Å². The first-order chi connectivity index (χ1) is 11.7. The number of hydrogen-bond acceptors (Lipinski definition) is 5. The Hall–Kier alpha value is -1.70. The molecule has 0 aromatic heterocycles. The summed E-state index contributed by atoms with van der Waals surface area (Å²) in [5.74, 6) is -0.272. The number of carbonyl (C=O) groups is 3. The highest BCUT2D eigenvalue weighted by atomic mass is 32.1. The fourth-order valence-electron chi connectivity index (χ4n) is 2.40. The lowest BCUT2D eigenvalue weighted by Gasteiger charge is -2.36. The zero-order valence-corrected chi connectivity index (χ0v) is 16.3. The standard InChI is InChI=1S/C17H29N3O4S/c1-11(2)5-8-24-15(22)10-13-16(23)18-6-7-20(13)17(25)19-14(21)9-12(3)4/h11-13H,5-10H2,1-4H3,(H,18,23)(H,19,21,25). The van der Waals surface area contributed by atoms with Gasteiger partial charge in [0.15, 0.2) is 5.11 Å². The molecule has 0 aliphatic carbocycles. The van der Waals surface area contributed by atoms with E-state index in [0.717, 1.165) is 6.42 Å². The van der Waals surface area contributed by atoms with Crippen LogP contribution in [0.3, 0.4) is 0 Å². The molecule has 0 aromatic rings. The number of nitrogens with one attached hydrogen (secondary N) is 2. The Morgan fingerprint density at radius 1 is 1.32 bits per heavy atom. The van der Waals surface area contributed by atoms with E-state index in [2.05, 4.69) is 10.6 Å². The Balaban J connectivity index is 2.63. The maximum Gasteiger partial charge on any atom is 0.308 e. The monoisotopic (exact) mass is 371 g/mol. The van der Waals surface area contributed by atoms with E-state index < -0.39 is 12.0 Å². The molecule has 0 spiro atoms. The number of hydrogen-bond donors (Lipinski definition) is 2. The van der Waals surface area contributed by atoms with Crippen molar-refractivity contribution in [3.63, 3.8) is 0 Å². The van der Waals surface area contributed by atoms with Crippen LogP contribution in [0.4, 0.5) is 0 Å². The Morgan fingerprint density at radius 2 is 2.00 bits per heavy atom. The molecule has 0 bridgehead atoms. The molecule has 2 amide bonds. The summed E-state index contributed by atoms with van der Waals surface area (Å²) in [5, 5.41) is 5.55. The molecule has 7 nitrogen and oxygen atoms in total. The molecule has 25 heavy (non-hydrogen) atoms. The molecule has 0 saturated carbocycles. The van der Waals surface area contributed by atoms with Crippen molar-refractivity contribution in [3.05, 3.63) is 0 Å². The minimum Gasteiger partial charge on any atom is -0.466 e. The minimum absolute atomic E-state index is 0.0931. The summed E-state index contributed by atoms with van der Waals surface area (Å²) in [7, 11) is 0. The van der Waals surface area contributed by atoms with Crippen molar-refractivity contribution in [1.29, 1.82) is 0 Å². The Bertz CT molecular complexity index is 508. The number of thiocarbonyl (C=S) groups is 1. The van der Waals surface area contributed by atoms with Gasteiger partial charge in [-0.25, -0.2) is 0 Å². The van der Waals surface area contributed by atoms with Crippen molar-refractivity contribution in [2.45, 2.75) is 53.0 Å². The summed E-state index contributed by atoms with van der Waals surface area (Å²) in [4.78, 5) is 37.7. The lowest BCUT2D eigenvalue weighted by atomic mass is 10.1. The molecule has 1 saturated heterocycles. The van der Waals surface area contributed by atoms with Gasteiger partial charge in [-0.1, -0.05) is 27.7 Å². The van der Waals surface area contributed by atoms with Gasteiger partial charge in [-0.05, 0) is 30.5 Å². The van der Waals surface area contributed by atoms with Crippen molar-refractivity contribution in [2.75, 3.05) is 19.7 Å². The third-order valence-corrected chi connectivity index (χ3v) is 4.09. The molecular weight excluding hydrogens is 342 g/mol. The van der Waals surface area contributed by atoms with E-state index in [1.54, 1.807) is 4.90 Å². The summed E-state index contributed by atoms with van der Waals surface area (Å²) < 4.78 is 5.19. The quantitative estimate of drug-likeness (QED) is 0.517. The largest absolute Gasteiger partial charge is 0.466 e. The average molecular weight is 372 g/mol. The van der Waals surface area contributed by atoms with Gasteiger partial charge in [0, 0.05) is 19.5 Å². The van der Waals surface area contributed by atoms with Crippen LogP contribution < -0.4 is 10.6 Å². The molecule has 2 N–H and O–H groups in total. The van der Waals surface area contributed by atoms with Crippen LogP contribution in [-0.2, 0) is 19.1 Å². The van der Waals surface area contributed by atoms with Gasteiger partial charge < -0.3 is 20.3 Å². The minimum atomic E-state index is -0.757. The number of piperazine rings is 1. The van der Waals surface area contributed by atoms with Crippen molar-refractivity contribution >= 4 is 35.1 Å². The molecule has 1 unspecified atom stereocenters. The molecule has 8 heteroatoms. The van der Waals surface area contributed by atoms with Gasteiger partial charge in [0.05, 0.1) is 13.0 Å². The molecule has 142 valence electrons. The lowest BCUT2D eigenvalue weighted by Crippen LogP contribution is -2.60. The zero-order valence-electron chi connectivity index (χ0n) is 15.5. The van der Waals surface area contributed by atoms with Gasteiger partial charge in [0.1, 0.15) is 6.04 Å². The average Bonchev–Trinajstić information content (AvgIpc) is 2.47. The van der Waals surface area contributed by atoms with E-state index in [4.69, 9.17) is 17.0 Å². The van der Waals surface area contributed by atoms with E-state index in [-0.39, 0.29) is 29.3 Å². The third-order valence-electron chi connectivity index (χ3n) is 3.75. The second kappa shape index (κ2) is 10.3. The highest BCUT2D eigenvalue weighted by molar-refractivity contribution is 7.80. The molecule has 0 radical (unpaired) electrons. The molecule has 1 rings (SSSR count). The van der Waals surface area contributed by atoms with Gasteiger partial charge in [-0.2, -0.15) is 0 Å². The van der Waals surface area contributed by atoms with Crippen LogP contribution in [0, 0.1) is 11.8 Å². The molecular formula is C17H29N3O4S. The van der Waals surface area contributed by atoms with Crippen LogP contribution >= 0.6 is 12.2 Å². The maximum atomic E-state index is 12.2. The van der Waals surface area contributed by atoms with Gasteiger partial charge in [0.2, 0.25) is 11.8 Å². The van der Waals surface area contributed by atoms with Crippen molar-refractivity contribution in [2.24, 2.45) is 11.8 Å². The highest BCUT2D eigenvalue weighted by Gasteiger charge is 2.34. The lowest BCUT2D eigenvalue weighted by molar-refractivity contribution is -0.147. The van der Waals surface area contributed by atoms with Crippen molar-refractivity contribution in [3.8, 4) is 0 Å². The summed E-state index contributed by atoms with van der Waals surface area (Å²) in [6.45, 7) is 9.15. The van der Waals surface area contributed by atoms with Crippen molar-refractivity contribution < 1.29 is 19.1 Å². The first-order valence-corrected chi connectivity index (χ1v) is 9.15. The van der Waals surface area contributed by atoms with Crippen LogP contribution in [0.25, 0.3) is 0 Å². The van der Waals surface area contributed by atoms with Crippen LogP contribution in [0.1, 0.15) is 47.0 Å². The van der Waals surface area contributed by atoms with Gasteiger partial charge in [0.25, 0.3) is 0 Å². The van der Waals surface area contributed by atoms with E-state index in [1.807, 2.05) is 27.7 Å².